The van der Waals surface area contributed by atoms with Crippen LogP contribution in [0.2, 0.25) is 37.8 Å². The van der Waals surface area contributed by atoms with E-state index in [1.165, 1.54) is 52.9 Å². The van der Waals surface area contributed by atoms with Gasteiger partial charge in [0.1, 0.15) is 48.3 Å². The highest BCUT2D eigenvalue weighted by Crippen LogP contribution is 2.62. The van der Waals surface area contributed by atoms with Gasteiger partial charge in [0, 0.05) is 81.4 Å². The van der Waals surface area contributed by atoms with E-state index in [9.17, 15) is 29.4 Å². The van der Waals surface area contributed by atoms with Crippen LogP contribution in [0.15, 0.2) is 216 Å². The predicted octanol–water partition coefficient (Wildman–Crippen LogP) is 10.8. The van der Waals surface area contributed by atoms with E-state index in [1.807, 2.05) is 6.92 Å². The molecule has 2 amide bonds. The number of fused-ring (bicyclic) bond motifs is 2. The van der Waals surface area contributed by atoms with Crippen molar-refractivity contribution in [2.75, 3.05) is 63.6 Å². The molecule has 0 saturated carbocycles. The highest BCUT2D eigenvalue weighted by Gasteiger charge is 2.55. The number of benzene rings is 6. The zero-order valence-corrected chi connectivity index (χ0v) is 73.7. The summed E-state index contributed by atoms with van der Waals surface area (Å²) < 4.78 is 44.3. The van der Waals surface area contributed by atoms with Crippen LogP contribution in [0.25, 0.3) is 0 Å². The van der Waals surface area contributed by atoms with Crippen LogP contribution in [0.4, 0.5) is 11.6 Å². The molecule has 10 heterocycles. The van der Waals surface area contributed by atoms with Crippen molar-refractivity contribution in [3.05, 3.63) is 227 Å². The molecule has 14 atom stereocenters. The van der Waals surface area contributed by atoms with Gasteiger partial charge in [-0.2, -0.15) is 9.97 Å². The van der Waals surface area contributed by atoms with Crippen LogP contribution >= 0.6 is 27.4 Å². The lowest BCUT2D eigenvalue weighted by Crippen LogP contribution is -2.61. The predicted molar refractivity (Wildman–Crippen MR) is 469 cm³/mol. The van der Waals surface area contributed by atoms with E-state index in [-0.39, 0.29) is 78.0 Å². The monoisotopic (exact) mass is 1670 g/mol. The smallest absolute Gasteiger partial charge is 0.351 e. The van der Waals surface area contributed by atoms with Gasteiger partial charge in [-0.3, -0.25) is 18.7 Å². The van der Waals surface area contributed by atoms with Gasteiger partial charge in [-0.1, -0.05) is 274 Å². The minimum Gasteiger partial charge on any atom is -0.392 e. The minimum atomic E-state index is -2.07. The van der Waals surface area contributed by atoms with Gasteiger partial charge in [-0.25, -0.2) is 18.9 Å². The number of likely N-dealkylation sites (N-methyl/N-ethyl adjacent to an activating group) is 1. The summed E-state index contributed by atoms with van der Waals surface area (Å²) in [5.41, 5.74) is -0.968. The topological polar surface area (TPSA) is 246 Å². The van der Waals surface area contributed by atoms with Gasteiger partial charge < -0.3 is 58.8 Å². The van der Waals surface area contributed by atoms with Crippen molar-refractivity contribution >= 4 is 106 Å². The molecule has 616 valence electrons. The number of aliphatic hydroxyl groups is 2. The maximum Gasteiger partial charge on any atom is 0.351 e. The zero-order chi connectivity index (χ0) is 81.4. The molecule has 8 aromatic rings. The van der Waals surface area contributed by atoms with Crippen molar-refractivity contribution < 1.29 is 47.6 Å². The average molecular weight is 1680 g/mol. The molecule has 1 unspecified atom stereocenters. The maximum atomic E-state index is 12.9. The number of morpholine rings is 1. The van der Waals surface area contributed by atoms with E-state index in [4.69, 9.17) is 39.0 Å². The normalized spacial score (nSPS) is 25.4. The van der Waals surface area contributed by atoms with Crippen LogP contribution in [-0.4, -0.2) is 193 Å². The van der Waals surface area contributed by atoms with Crippen LogP contribution in [0.1, 0.15) is 98.9 Å². The number of nitrogens with one attached hydrogen (secondary N) is 3. The molecule has 8 aliphatic rings. The third kappa shape index (κ3) is 21.7. The molecule has 5 N–H and O–H groups in total. The summed E-state index contributed by atoms with van der Waals surface area (Å²) >= 11 is 6.41. The van der Waals surface area contributed by atoms with Crippen LogP contribution in [0.3, 0.4) is 0 Å². The Bertz CT molecular complexity index is 4380. The van der Waals surface area contributed by atoms with Crippen LogP contribution in [0, 0.1) is 11.8 Å². The molecule has 8 aliphatic heterocycles. The lowest BCUT2D eigenvalue weighted by molar-refractivity contribution is -0.119. The maximum absolute atomic E-state index is 12.9. The molecule has 22 nitrogen and oxygen atoms in total. The van der Waals surface area contributed by atoms with E-state index in [1.54, 1.807) is 46.0 Å². The number of carbonyl (C=O) groups is 2. The van der Waals surface area contributed by atoms with Gasteiger partial charge in [0.2, 0.25) is 19.5 Å². The summed E-state index contributed by atoms with van der Waals surface area (Å²) in [6.45, 7) is 25.5. The van der Waals surface area contributed by atoms with E-state index in [2.05, 4.69) is 256 Å². The number of rotatable bonds is 23. The molecule has 28 heteroatoms. The summed E-state index contributed by atoms with van der Waals surface area (Å²) in [7, 11) is -5.80. The van der Waals surface area contributed by atoms with Gasteiger partial charge in [-0.15, -0.1) is 0 Å². The Morgan fingerprint density at radius 3 is 1.29 bits per heavy atom. The standard InChI is InChI=1S/C32H41N4O5PSi.C18H21ClNOPSi.C18H23NOSi.C14H21N3O4.C5H11NO/c1-5-26-27(20-30(39-26)35-18-17-29(34-32(35)38)33-31(37)22(2)3)40-42-36-19-16-25(36)28(41-42)21-43(4,23-12-8-6-9-13-23)24-14-10-7-11-15-24;1-23(15-8-4-2-5-9-15,16-10-6-3-7-11-16)14-18-17-12-13-20(17)22(19)21-18;1-21(15-8-4-2-5-9-15,16-10-6-3-7-11-16)14-18(20)17-12-13-19-17;1-4-10-9(18)7-12(21-10)17-6-5-11(16-14(17)20)15-13(19)8(2)3;1-6-2-4-7-5-3-6/h6-15,17-18,22,25-28,30H,5,16,19-21H2,1-4H3,(H,33,34,37,38);2-11,17-18H,12-14H2,1H3;2-11,17-20H,12-14H2,1H3;5-6,8-10,12,18H,4,7H2,1-3H3,(H,15,16,19,20);2-5H2,1H3/t25-,26+,27+,28+,30+,42-;17-,18+,22?;17-,18+;9-,10-,12-;/m0001./s1. The summed E-state index contributed by atoms with van der Waals surface area (Å²) in [6, 6.07) is 72.6. The van der Waals surface area contributed by atoms with Gasteiger partial charge in [-0.05, 0) is 87.2 Å². The molecule has 8 fully saturated rings. The molecule has 16 rings (SSSR count). The fraction of sp³-hybridized carbons (Fsp3) is 0.471. The molecule has 0 bridgehead atoms. The SMILES string of the molecule is CC[C@H]1O[C@@H](n2ccc(NC(=O)C(C)C)nc2=O)C[C@H]1O.CC[C@H]1O[C@@H](n2ccc(NC(=O)C(C)C)nc2=O)C[C@H]1O[P@@]1O[C@H](C[Si](C)(c2ccccc2)c2ccccc2)[C@@H]2CCN21.CN1CCOCC1.C[Si](C[C@@H](O)[C@@H]1CCN1)(c1ccccc1)c1ccccc1.C[Si](C[C@H]1OP(Cl)N2CC[C@@H]12)(c1ccccc1)c1ccccc1. The Morgan fingerprint density at radius 1 is 0.557 bits per heavy atom. The molecular formula is C87H117ClN10O12P2Si3. The van der Waals surface area contributed by atoms with Crippen LogP contribution in [-0.2, 0) is 37.4 Å². The first-order valence-corrected chi connectivity index (χ1v) is 52.4. The first-order valence-electron chi connectivity index (χ1n) is 41.1. The number of hydrogen-bond donors (Lipinski definition) is 5. The Morgan fingerprint density at radius 2 is 0.948 bits per heavy atom. The number of nitrogens with zero attached hydrogens (tertiary/aromatic N) is 7. The Labute approximate surface area is 688 Å². The molecule has 8 saturated heterocycles. The first kappa shape index (κ1) is 87.6. The zero-order valence-electron chi connectivity index (χ0n) is 68.1. The lowest BCUT2D eigenvalue weighted by Gasteiger charge is -2.39. The second-order valence-electron chi connectivity index (χ2n) is 32.5. The Kier molecular flexibility index (Phi) is 31.1. The quantitative estimate of drug-likeness (QED) is 0.0295. The van der Waals surface area contributed by atoms with Gasteiger partial charge in [0.15, 0.2) is 0 Å². The van der Waals surface area contributed by atoms with E-state index < -0.39 is 70.3 Å². The fourth-order valence-electron chi connectivity index (χ4n) is 16.2. The van der Waals surface area contributed by atoms with Gasteiger partial charge >= 0.3 is 11.4 Å². The van der Waals surface area contributed by atoms with Crippen molar-refractivity contribution in [3.63, 3.8) is 0 Å². The lowest BCUT2D eigenvalue weighted by atomic mass is 10.0. The number of aliphatic hydroxyl groups excluding tert-OH is 2. The van der Waals surface area contributed by atoms with Crippen LogP contribution in [0.5, 0.6) is 0 Å². The van der Waals surface area contributed by atoms with Crippen molar-refractivity contribution in [2.24, 2.45) is 11.8 Å². The fourth-order valence-corrected chi connectivity index (χ4v) is 32.1. The third-order valence-corrected chi connectivity index (χ3v) is 41.2. The minimum absolute atomic E-state index is 0.107. The number of amides is 2. The molecule has 115 heavy (non-hydrogen) atoms. The van der Waals surface area contributed by atoms with Crippen molar-refractivity contribution in [1.29, 1.82) is 0 Å². The van der Waals surface area contributed by atoms with Gasteiger partial charge in [0.25, 0.3) is 8.53 Å². The van der Waals surface area contributed by atoms with E-state index in [0.29, 0.717) is 31.3 Å². The van der Waals surface area contributed by atoms with Crippen molar-refractivity contribution in [3.8, 4) is 0 Å². The molecule has 2 aromatic heterocycles. The van der Waals surface area contributed by atoms with Crippen LogP contribution < -0.4 is 58.5 Å². The number of aromatic nitrogens is 4. The molecular weight excluding hydrogens is 1560 g/mol. The Hall–Kier alpha value is -6.66. The number of hydrogen-bond acceptors (Lipinski definition) is 18. The molecule has 0 aliphatic carbocycles. The number of carbonyl (C=O) groups excluding carboxylic acids is 2. The second kappa shape index (κ2) is 40.9. The first-order chi connectivity index (χ1) is 55.5. The van der Waals surface area contributed by atoms with Crippen molar-refractivity contribution in [2.45, 2.75) is 198 Å². The highest BCUT2D eigenvalue weighted by atomic mass is 35.7. The number of anilines is 2. The second-order valence-corrected chi connectivity index (χ2v) is 48.6. The number of halogens is 1. The summed E-state index contributed by atoms with van der Waals surface area (Å²) in [5, 5.41) is 37.6. The largest absolute Gasteiger partial charge is 0.392 e. The molecule has 0 radical (unpaired) electrons. The van der Waals surface area contributed by atoms with Crippen molar-refractivity contribution in [1.82, 2.24) is 38.7 Å². The van der Waals surface area contributed by atoms with E-state index >= 15 is 0 Å². The highest BCUT2D eigenvalue weighted by molar-refractivity contribution is 7.78. The summed E-state index contributed by atoms with van der Waals surface area (Å²) in [5.74, 6) is -0.300. The van der Waals surface area contributed by atoms with Gasteiger partial charge in [0.05, 0.1) is 55.9 Å². The van der Waals surface area contributed by atoms with E-state index in [0.717, 1.165) is 83.3 Å². The third-order valence-electron chi connectivity index (χ3n) is 23.9. The Balaban J connectivity index is 0.000000145. The molecule has 6 aromatic carbocycles. The summed E-state index contributed by atoms with van der Waals surface area (Å²) in [6.07, 6.45) is 6.88. The number of ether oxygens (including phenoxy) is 3. The average Bonchev–Trinajstić information content (AvgIpc) is 1.59. The summed E-state index contributed by atoms with van der Waals surface area (Å²) in [4.78, 5) is 58.7. The molecule has 0 spiro atoms.